The predicted molar refractivity (Wildman–Crippen MR) is 96.2 cm³/mol. The molecule has 0 bridgehead atoms. The smallest absolute Gasteiger partial charge is 0.241 e. The van der Waals surface area contributed by atoms with Gasteiger partial charge in [0.1, 0.15) is 0 Å². The Balaban J connectivity index is 1.52. The first-order valence-electron chi connectivity index (χ1n) is 8.31. The van der Waals surface area contributed by atoms with Crippen LogP contribution in [0.2, 0.25) is 0 Å². The summed E-state index contributed by atoms with van der Waals surface area (Å²) in [7, 11) is 2.09. The van der Waals surface area contributed by atoms with Gasteiger partial charge < -0.3 is 4.90 Å². The molecule has 4 heterocycles. The third-order valence-electron chi connectivity index (χ3n) is 5.29. The van der Waals surface area contributed by atoms with Gasteiger partial charge in [0.05, 0.1) is 24.0 Å². The van der Waals surface area contributed by atoms with Crippen molar-refractivity contribution < 1.29 is 4.79 Å². The fourth-order valence-corrected chi connectivity index (χ4v) is 4.52. The number of carbonyl (C=O) groups is 1. The fourth-order valence-electron chi connectivity index (χ4n) is 3.86. The van der Waals surface area contributed by atoms with Crippen LogP contribution in [0.3, 0.4) is 0 Å². The first-order valence-corrected chi connectivity index (χ1v) is 9.26. The molecule has 6 heteroatoms. The van der Waals surface area contributed by atoms with Crippen molar-refractivity contribution in [2.75, 3.05) is 38.1 Å². The van der Waals surface area contributed by atoms with Crippen LogP contribution in [-0.4, -0.2) is 59.5 Å². The number of carbonyl (C=O) groups excluding carboxylic acids is 1. The van der Waals surface area contributed by atoms with Gasteiger partial charge in [0.25, 0.3) is 0 Å². The van der Waals surface area contributed by atoms with Gasteiger partial charge in [0.2, 0.25) is 5.91 Å². The maximum Gasteiger partial charge on any atom is 0.241 e. The van der Waals surface area contributed by atoms with Crippen LogP contribution in [0.1, 0.15) is 12.0 Å². The standard InChI is InChI=1S/C18H22N4OS/c1-20-11-17(23)22(16-3-2-6-19-9-16)14-18(20)5-7-21(13-18)10-15-4-8-24-12-15/h2-4,6,8-9,12H,5,7,10-11,13-14H2,1H3/t18-/m1/s1. The summed E-state index contributed by atoms with van der Waals surface area (Å²) in [5.41, 5.74) is 2.33. The highest BCUT2D eigenvalue weighted by Crippen LogP contribution is 2.33. The highest BCUT2D eigenvalue weighted by atomic mass is 32.1. The fraction of sp³-hybridized carbons (Fsp3) is 0.444. The summed E-state index contributed by atoms with van der Waals surface area (Å²) in [4.78, 5) is 23.4. The third kappa shape index (κ3) is 2.85. The molecule has 0 aliphatic carbocycles. The quantitative estimate of drug-likeness (QED) is 0.856. The Morgan fingerprint density at radius 3 is 3.00 bits per heavy atom. The van der Waals surface area contributed by atoms with E-state index in [2.05, 4.69) is 38.7 Å². The minimum absolute atomic E-state index is 0.0414. The lowest BCUT2D eigenvalue weighted by atomic mass is 9.92. The molecular weight excluding hydrogens is 320 g/mol. The molecule has 5 nitrogen and oxygen atoms in total. The van der Waals surface area contributed by atoms with E-state index in [4.69, 9.17) is 0 Å². The molecule has 2 fully saturated rings. The Bertz CT molecular complexity index is 705. The van der Waals surface area contributed by atoms with E-state index < -0.39 is 0 Å². The van der Waals surface area contributed by atoms with E-state index in [0.717, 1.165) is 38.3 Å². The lowest BCUT2D eigenvalue weighted by Crippen LogP contribution is -2.64. The summed E-state index contributed by atoms with van der Waals surface area (Å²) in [6.07, 6.45) is 4.63. The summed E-state index contributed by atoms with van der Waals surface area (Å²) in [6.45, 7) is 4.30. The second-order valence-corrected chi connectivity index (χ2v) is 7.64. The number of pyridine rings is 1. The van der Waals surface area contributed by atoms with Crippen LogP contribution < -0.4 is 4.90 Å². The second kappa shape index (κ2) is 6.27. The molecule has 0 unspecified atom stereocenters. The number of hydrogen-bond acceptors (Lipinski definition) is 5. The molecule has 2 aliphatic rings. The van der Waals surface area contributed by atoms with Crippen molar-refractivity contribution in [1.29, 1.82) is 0 Å². The molecule has 2 saturated heterocycles. The van der Waals surface area contributed by atoms with E-state index in [-0.39, 0.29) is 11.4 Å². The van der Waals surface area contributed by atoms with Gasteiger partial charge in [-0.25, -0.2) is 0 Å². The van der Waals surface area contributed by atoms with Crippen molar-refractivity contribution in [1.82, 2.24) is 14.8 Å². The molecule has 4 rings (SSSR count). The van der Waals surface area contributed by atoms with Gasteiger partial charge in [0, 0.05) is 32.4 Å². The summed E-state index contributed by atoms with van der Waals surface area (Å²) >= 11 is 1.75. The molecule has 126 valence electrons. The number of likely N-dealkylation sites (N-methyl/N-ethyl adjacent to an activating group) is 1. The van der Waals surface area contributed by atoms with E-state index in [0.29, 0.717) is 6.54 Å². The Morgan fingerprint density at radius 1 is 1.33 bits per heavy atom. The van der Waals surface area contributed by atoms with Crippen LogP contribution in [0.25, 0.3) is 0 Å². The van der Waals surface area contributed by atoms with Gasteiger partial charge in [-0.05, 0) is 48.0 Å². The lowest BCUT2D eigenvalue weighted by Gasteiger charge is -2.46. The molecule has 1 atom stereocenters. The molecule has 2 aliphatic heterocycles. The molecule has 0 radical (unpaired) electrons. The zero-order valence-corrected chi connectivity index (χ0v) is 14.7. The van der Waals surface area contributed by atoms with Crippen LogP contribution in [-0.2, 0) is 11.3 Å². The first-order chi connectivity index (χ1) is 11.7. The molecule has 0 saturated carbocycles. The maximum atomic E-state index is 12.5. The van der Waals surface area contributed by atoms with Crippen LogP contribution in [0.5, 0.6) is 0 Å². The average Bonchev–Trinajstić information content (AvgIpc) is 3.23. The summed E-state index contributed by atoms with van der Waals surface area (Å²) in [5.74, 6) is 0.160. The summed E-state index contributed by atoms with van der Waals surface area (Å²) in [5, 5.41) is 4.36. The van der Waals surface area contributed by atoms with Gasteiger partial charge in [-0.15, -0.1) is 0 Å². The van der Waals surface area contributed by atoms with Gasteiger partial charge in [-0.1, -0.05) is 0 Å². The number of nitrogens with zero attached hydrogens (tertiary/aromatic N) is 4. The third-order valence-corrected chi connectivity index (χ3v) is 6.02. The number of hydrogen-bond donors (Lipinski definition) is 0. The average molecular weight is 342 g/mol. The molecule has 24 heavy (non-hydrogen) atoms. The molecule has 0 aromatic carbocycles. The van der Waals surface area contributed by atoms with Crippen LogP contribution in [0.15, 0.2) is 41.4 Å². The molecular formula is C18H22N4OS. The van der Waals surface area contributed by atoms with Crippen molar-refractivity contribution in [3.8, 4) is 0 Å². The summed E-state index contributed by atoms with van der Waals surface area (Å²) in [6, 6.07) is 6.07. The van der Waals surface area contributed by atoms with E-state index >= 15 is 0 Å². The van der Waals surface area contributed by atoms with Crippen molar-refractivity contribution >= 4 is 22.9 Å². The van der Waals surface area contributed by atoms with Gasteiger partial charge in [-0.2, -0.15) is 11.3 Å². The van der Waals surface area contributed by atoms with E-state index in [1.165, 1.54) is 5.56 Å². The van der Waals surface area contributed by atoms with Gasteiger partial charge >= 0.3 is 0 Å². The first kappa shape index (κ1) is 15.7. The number of likely N-dealkylation sites (tertiary alicyclic amines) is 1. The number of amides is 1. The van der Waals surface area contributed by atoms with E-state index in [1.54, 1.807) is 23.7 Å². The second-order valence-electron chi connectivity index (χ2n) is 6.86. The van der Waals surface area contributed by atoms with Crippen LogP contribution in [0, 0.1) is 0 Å². The Morgan fingerprint density at radius 2 is 2.25 bits per heavy atom. The van der Waals surface area contributed by atoms with E-state index in [1.807, 2.05) is 17.0 Å². The SMILES string of the molecule is CN1CC(=O)N(c2cccnc2)C[C@]12CCN(Cc1ccsc1)C2. The van der Waals surface area contributed by atoms with Gasteiger partial charge in [-0.3, -0.25) is 19.6 Å². The number of rotatable bonds is 3. The van der Waals surface area contributed by atoms with Crippen molar-refractivity contribution in [3.63, 3.8) is 0 Å². The molecule has 0 N–H and O–H groups in total. The molecule has 1 spiro atoms. The largest absolute Gasteiger partial charge is 0.308 e. The number of thiophene rings is 1. The number of piperazine rings is 1. The molecule has 2 aromatic heterocycles. The van der Waals surface area contributed by atoms with Crippen LogP contribution >= 0.6 is 11.3 Å². The highest BCUT2D eigenvalue weighted by molar-refractivity contribution is 7.07. The zero-order valence-electron chi connectivity index (χ0n) is 13.9. The Labute approximate surface area is 146 Å². The van der Waals surface area contributed by atoms with Crippen molar-refractivity contribution in [3.05, 3.63) is 46.9 Å². The minimum atomic E-state index is 0.0414. The minimum Gasteiger partial charge on any atom is -0.308 e. The van der Waals surface area contributed by atoms with Crippen molar-refractivity contribution in [2.24, 2.45) is 0 Å². The monoisotopic (exact) mass is 342 g/mol. The Hall–Kier alpha value is -1.76. The van der Waals surface area contributed by atoms with Gasteiger partial charge in [0.15, 0.2) is 0 Å². The normalized spacial score (nSPS) is 25.7. The Kier molecular flexibility index (Phi) is 4.12. The number of anilines is 1. The highest BCUT2D eigenvalue weighted by Gasteiger charge is 2.47. The van der Waals surface area contributed by atoms with E-state index in [9.17, 15) is 4.79 Å². The lowest BCUT2D eigenvalue weighted by molar-refractivity contribution is -0.123. The van der Waals surface area contributed by atoms with Crippen LogP contribution in [0.4, 0.5) is 5.69 Å². The maximum absolute atomic E-state index is 12.5. The predicted octanol–water partition coefficient (Wildman–Crippen LogP) is 2.07. The topological polar surface area (TPSA) is 39.7 Å². The molecule has 1 amide bonds. The zero-order chi connectivity index (χ0) is 16.6. The molecule has 2 aromatic rings. The van der Waals surface area contributed by atoms with Crippen molar-refractivity contribution in [2.45, 2.75) is 18.5 Å². The number of aromatic nitrogens is 1. The summed E-state index contributed by atoms with van der Waals surface area (Å²) < 4.78 is 0.